The van der Waals surface area contributed by atoms with Gasteiger partial charge in [0.25, 0.3) is 0 Å². The summed E-state index contributed by atoms with van der Waals surface area (Å²) in [5.74, 6) is -1.61. The molecule has 2 aromatic rings. The molecule has 2 aliphatic rings. The molecule has 0 spiro atoms. The van der Waals surface area contributed by atoms with Crippen molar-refractivity contribution >= 4 is 18.0 Å². The first-order valence-corrected chi connectivity index (χ1v) is 11.1. The van der Waals surface area contributed by atoms with E-state index in [4.69, 9.17) is 4.74 Å². The number of likely N-dealkylation sites (tertiary alicyclic amines) is 1. The number of carboxylic acids is 1. The number of fused-ring (bicyclic) bond motifs is 3. The molecule has 1 heterocycles. The number of amides is 2. The molecule has 0 radical (unpaired) electrons. The summed E-state index contributed by atoms with van der Waals surface area (Å²) in [5, 5.41) is 11.8. The lowest BCUT2D eigenvalue weighted by molar-refractivity contribution is -0.143. The third kappa shape index (κ3) is 4.33. The Hall–Kier alpha value is -3.35. The molecule has 32 heavy (non-hydrogen) atoms. The van der Waals surface area contributed by atoms with Crippen molar-refractivity contribution < 1.29 is 24.2 Å². The van der Waals surface area contributed by atoms with E-state index in [2.05, 4.69) is 17.4 Å². The van der Waals surface area contributed by atoms with E-state index in [9.17, 15) is 19.5 Å². The summed E-state index contributed by atoms with van der Waals surface area (Å²) >= 11 is 0. The van der Waals surface area contributed by atoms with E-state index >= 15 is 0 Å². The Labute approximate surface area is 187 Å². The van der Waals surface area contributed by atoms with Gasteiger partial charge in [-0.1, -0.05) is 55.5 Å². The Balaban J connectivity index is 1.44. The molecular weight excluding hydrogens is 408 g/mol. The van der Waals surface area contributed by atoms with E-state index in [1.807, 2.05) is 43.3 Å². The molecule has 1 fully saturated rings. The average Bonchev–Trinajstić information content (AvgIpc) is 3.39. The topological polar surface area (TPSA) is 95.9 Å². The van der Waals surface area contributed by atoms with Gasteiger partial charge in [0.2, 0.25) is 5.91 Å². The predicted molar refractivity (Wildman–Crippen MR) is 119 cm³/mol. The summed E-state index contributed by atoms with van der Waals surface area (Å²) in [6, 6.07) is 15.0. The number of alkyl carbamates (subject to hydrolysis) is 1. The lowest BCUT2D eigenvalue weighted by atomic mass is 9.98. The van der Waals surface area contributed by atoms with Crippen molar-refractivity contribution in [1.82, 2.24) is 10.2 Å². The molecule has 0 saturated carbocycles. The van der Waals surface area contributed by atoms with Gasteiger partial charge in [-0.05, 0) is 41.5 Å². The number of benzene rings is 2. The van der Waals surface area contributed by atoms with Gasteiger partial charge in [0.05, 0.1) is 6.42 Å². The molecule has 1 saturated heterocycles. The minimum atomic E-state index is -1.14. The van der Waals surface area contributed by atoms with Crippen molar-refractivity contribution in [2.45, 2.75) is 50.6 Å². The Morgan fingerprint density at radius 1 is 1.09 bits per heavy atom. The number of nitrogens with zero attached hydrogens (tertiary/aromatic N) is 1. The molecule has 168 valence electrons. The summed E-state index contributed by atoms with van der Waals surface area (Å²) < 4.78 is 5.50. The standard InChI is InChI=1S/C25H28N2O5/c1-2-16-8-7-13-27(16)24(30)22(14-23(28)29)26-25(31)32-15-21-19-11-5-3-9-17(19)18-10-4-6-12-20(18)21/h3-6,9-12,16,21-22H,2,7-8,13-15H2,1H3,(H,26,31)(H,28,29). The average molecular weight is 437 g/mol. The van der Waals surface area contributed by atoms with Gasteiger partial charge in [-0.25, -0.2) is 4.79 Å². The van der Waals surface area contributed by atoms with Crippen molar-refractivity contribution in [3.63, 3.8) is 0 Å². The fourth-order valence-electron chi connectivity index (χ4n) is 4.91. The van der Waals surface area contributed by atoms with Crippen molar-refractivity contribution in [1.29, 1.82) is 0 Å². The Morgan fingerprint density at radius 3 is 2.31 bits per heavy atom. The van der Waals surface area contributed by atoms with Crippen LogP contribution in [0.4, 0.5) is 4.79 Å². The van der Waals surface area contributed by atoms with Crippen LogP contribution in [0.1, 0.15) is 49.7 Å². The predicted octanol–water partition coefficient (Wildman–Crippen LogP) is 3.77. The van der Waals surface area contributed by atoms with Crippen LogP contribution in [-0.4, -0.2) is 53.2 Å². The number of hydrogen-bond acceptors (Lipinski definition) is 4. The Morgan fingerprint density at radius 2 is 1.72 bits per heavy atom. The lowest BCUT2D eigenvalue weighted by Crippen LogP contribution is -2.51. The fourth-order valence-corrected chi connectivity index (χ4v) is 4.91. The van der Waals surface area contributed by atoms with E-state index in [0.717, 1.165) is 41.5 Å². The molecule has 7 nitrogen and oxygen atoms in total. The highest BCUT2D eigenvalue weighted by Crippen LogP contribution is 2.44. The molecule has 2 aromatic carbocycles. The number of ether oxygens (including phenoxy) is 1. The van der Waals surface area contributed by atoms with Gasteiger partial charge in [0.1, 0.15) is 12.6 Å². The summed E-state index contributed by atoms with van der Waals surface area (Å²) in [6.45, 7) is 2.69. The zero-order chi connectivity index (χ0) is 22.7. The number of hydrogen-bond donors (Lipinski definition) is 2. The van der Waals surface area contributed by atoms with Gasteiger partial charge in [-0.2, -0.15) is 0 Å². The monoisotopic (exact) mass is 436 g/mol. The van der Waals surface area contributed by atoms with Gasteiger partial charge in [0.15, 0.2) is 0 Å². The van der Waals surface area contributed by atoms with Crippen molar-refractivity contribution in [3.05, 3.63) is 59.7 Å². The number of carbonyl (C=O) groups is 3. The zero-order valence-corrected chi connectivity index (χ0v) is 18.1. The first-order chi connectivity index (χ1) is 15.5. The van der Waals surface area contributed by atoms with E-state index in [1.54, 1.807) is 4.90 Å². The maximum atomic E-state index is 13.0. The quantitative estimate of drug-likeness (QED) is 0.689. The van der Waals surface area contributed by atoms with Gasteiger partial charge in [0, 0.05) is 18.5 Å². The minimum Gasteiger partial charge on any atom is -0.481 e. The smallest absolute Gasteiger partial charge is 0.407 e. The second kappa shape index (κ2) is 9.42. The third-order valence-electron chi connectivity index (χ3n) is 6.44. The van der Waals surface area contributed by atoms with Crippen molar-refractivity contribution in [3.8, 4) is 11.1 Å². The van der Waals surface area contributed by atoms with Crippen molar-refractivity contribution in [2.24, 2.45) is 0 Å². The lowest BCUT2D eigenvalue weighted by Gasteiger charge is -2.28. The van der Waals surface area contributed by atoms with E-state index in [-0.39, 0.29) is 24.5 Å². The fraction of sp³-hybridized carbons (Fsp3) is 0.400. The third-order valence-corrected chi connectivity index (χ3v) is 6.44. The normalized spacial score (nSPS) is 18.0. The Bertz CT molecular complexity index is 975. The van der Waals surface area contributed by atoms with Crippen LogP contribution in [0.15, 0.2) is 48.5 Å². The summed E-state index contributed by atoms with van der Waals surface area (Å²) in [4.78, 5) is 38.6. The molecule has 2 N–H and O–H groups in total. The second-order valence-electron chi connectivity index (χ2n) is 8.36. The van der Waals surface area contributed by atoms with Crippen LogP contribution in [0.2, 0.25) is 0 Å². The molecule has 0 bridgehead atoms. The van der Waals surface area contributed by atoms with Gasteiger partial charge in [-0.15, -0.1) is 0 Å². The van der Waals surface area contributed by atoms with Gasteiger partial charge >= 0.3 is 12.1 Å². The van der Waals surface area contributed by atoms with Gasteiger partial charge in [-0.3, -0.25) is 9.59 Å². The van der Waals surface area contributed by atoms with Crippen LogP contribution in [0.3, 0.4) is 0 Å². The van der Waals surface area contributed by atoms with E-state index < -0.39 is 24.5 Å². The van der Waals surface area contributed by atoms with E-state index in [1.165, 1.54) is 0 Å². The van der Waals surface area contributed by atoms with Crippen LogP contribution < -0.4 is 5.32 Å². The largest absolute Gasteiger partial charge is 0.481 e. The molecule has 0 aromatic heterocycles. The number of rotatable bonds is 7. The SMILES string of the molecule is CCC1CCCN1C(=O)C(CC(=O)O)NC(=O)OCC1c2ccccc2-c2ccccc21. The molecule has 2 atom stereocenters. The summed E-state index contributed by atoms with van der Waals surface area (Å²) in [6.07, 6.45) is 1.33. The number of carboxylic acid groups (broad SMARTS) is 1. The minimum absolute atomic E-state index is 0.0862. The molecule has 2 unspecified atom stereocenters. The van der Waals surface area contributed by atoms with Crippen molar-refractivity contribution in [2.75, 3.05) is 13.2 Å². The van der Waals surface area contributed by atoms with Gasteiger partial charge < -0.3 is 20.1 Å². The number of nitrogens with one attached hydrogen (secondary N) is 1. The molecule has 1 aliphatic carbocycles. The highest BCUT2D eigenvalue weighted by molar-refractivity contribution is 5.89. The number of aliphatic carboxylic acids is 1. The maximum absolute atomic E-state index is 13.0. The number of carbonyl (C=O) groups excluding carboxylic acids is 2. The highest BCUT2D eigenvalue weighted by Gasteiger charge is 2.35. The highest BCUT2D eigenvalue weighted by atomic mass is 16.5. The van der Waals surface area contributed by atoms with Crippen LogP contribution >= 0.6 is 0 Å². The summed E-state index contributed by atoms with van der Waals surface area (Å²) in [7, 11) is 0. The summed E-state index contributed by atoms with van der Waals surface area (Å²) in [5.41, 5.74) is 4.41. The zero-order valence-electron chi connectivity index (χ0n) is 18.1. The molecule has 4 rings (SSSR count). The maximum Gasteiger partial charge on any atom is 0.407 e. The molecule has 2 amide bonds. The molecular formula is C25H28N2O5. The molecule has 7 heteroatoms. The first kappa shape index (κ1) is 21.9. The van der Waals surface area contributed by atoms with Crippen LogP contribution in [-0.2, 0) is 14.3 Å². The molecule has 1 aliphatic heterocycles. The van der Waals surface area contributed by atoms with Crippen LogP contribution in [0.5, 0.6) is 0 Å². The Kier molecular flexibility index (Phi) is 6.44. The second-order valence-corrected chi connectivity index (χ2v) is 8.36. The first-order valence-electron chi connectivity index (χ1n) is 11.1. The van der Waals surface area contributed by atoms with Crippen LogP contribution in [0, 0.1) is 0 Å². The van der Waals surface area contributed by atoms with Crippen LogP contribution in [0.25, 0.3) is 11.1 Å². The van der Waals surface area contributed by atoms with E-state index in [0.29, 0.717) is 6.54 Å².